The zero-order valence-corrected chi connectivity index (χ0v) is 29.4. The van der Waals surface area contributed by atoms with Gasteiger partial charge in [0.05, 0.1) is 0 Å². The van der Waals surface area contributed by atoms with Crippen LogP contribution < -0.4 is 10.4 Å². The molecule has 0 fully saturated rings. The molecule has 0 saturated heterocycles. The van der Waals surface area contributed by atoms with Gasteiger partial charge in [-0.05, 0) is 131 Å². The van der Waals surface area contributed by atoms with Gasteiger partial charge in [-0.2, -0.15) is 0 Å². The molecular weight excluding hydrogens is 657 g/mol. The van der Waals surface area contributed by atoms with E-state index in [2.05, 4.69) is 158 Å². The number of fused-ring (bicyclic) bond motifs is 11. The van der Waals surface area contributed by atoms with Gasteiger partial charge in [-0.25, -0.2) is 0 Å². The van der Waals surface area contributed by atoms with E-state index in [1.54, 1.807) is 0 Å². The molecule has 252 valence electrons. The molecule has 0 amide bonds. The second-order valence-electron chi connectivity index (χ2n) is 14.6. The van der Waals surface area contributed by atoms with Crippen LogP contribution in [0.2, 0.25) is 0 Å². The number of rotatable bonds is 3. The zero-order valence-electron chi connectivity index (χ0n) is 29.4. The average molecular weight is 689 g/mol. The van der Waals surface area contributed by atoms with Crippen molar-refractivity contribution in [3.63, 3.8) is 0 Å². The summed E-state index contributed by atoms with van der Waals surface area (Å²) in [5, 5.41) is 14.6. The molecule has 0 aliphatic heterocycles. The third-order valence-electron chi connectivity index (χ3n) is 11.6. The number of hydrogen-bond donors (Lipinski definition) is 0. The van der Waals surface area contributed by atoms with Crippen molar-refractivity contribution in [2.24, 2.45) is 0 Å². The van der Waals surface area contributed by atoms with Crippen LogP contribution in [-0.4, -0.2) is 0 Å². The Morgan fingerprint density at radius 1 is 0.333 bits per heavy atom. The van der Waals surface area contributed by atoms with Gasteiger partial charge in [-0.3, -0.25) is 0 Å². The highest BCUT2D eigenvalue weighted by Gasteiger charge is 2.19. The van der Waals surface area contributed by atoms with Crippen molar-refractivity contribution in [3.05, 3.63) is 168 Å². The van der Waals surface area contributed by atoms with Crippen LogP contribution in [0.1, 0.15) is 12.8 Å². The first-order valence-corrected chi connectivity index (χ1v) is 18.8. The SMILES string of the molecule is C1=c2c(-c3cccc(-c4ccc5oc6cc7c(ccc8oc9ccccc9c87)cc6c5c4)c3)c3ccccc3c(-c3cccc4ccccc34)c2=CCC1. The van der Waals surface area contributed by atoms with Gasteiger partial charge in [-0.1, -0.05) is 127 Å². The largest absolute Gasteiger partial charge is 0.456 e. The minimum atomic E-state index is 0.886. The van der Waals surface area contributed by atoms with Crippen molar-refractivity contribution in [2.75, 3.05) is 0 Å². The molecule has 11 aromatic rings. The first-order chi connectivity index (χ1) is 26.8. The third-order valence-corrected chi connectivity index (χ3v) is 11.6. The Hall–Kier alpha value is -6.90. The summed E-state index contributed by atoms with van der Waals surface area (Å²) in [6.07, 6.45) is 7.01. The van der Waals surface area contributed by atoms with Crippen LogP contribution in [0.15, 0.2) is 167 Å². The first-order valence-electron chi connectivity index (χ1n) is 18.8. The normalized spacial score (nSPS) is 13.0. The van der Waals surface area contributed by atoms with Gasteiger partial charge in [0.15, 0.2) is 0 Å². The standard InChI is InChI=1S/C52H32O2/c1-2-15-36-31(11-1)12-10-21-37(36)51-40-18-5-3-16-38(40)50(39-17-4-6-19-41(39)51)35-14-9-13-32(27-35)33-23-25-47-44(28-33)45-29-34-24-26-48-52(43(34)30-49(45)54-47)42-20-7-8-22-46(42)53-48/h1-3,5,7-30H,4,6H2. The maximum absolute atomic E-state index is 6.53. The molecule has 0 saturated carbocycles. The monoisotopic (exact) mass is 688 g/mol. The lowest BCUT2D eigenvalue weighted by Crippen LogP contribution is -2.31. The van der Waals surface area contributed by atoms with E-state index in [4.69, 9.17) is 8.83 Å². The van der Waals surface area contributed by atoms with Crippen molar-refractivity contribution in [1.82, 2.24) is 0 Å². The number of furan rings is 2. The highest BCUT2D eigenvalue weighted by Crippen LogP contribution is 2.41. The summed E-state index contributed by atoms with van der Waals surface area (Å²) in [5.74, 6) is 0. The lowest BCUT2D eigenvalue weighted by molar-refractivity contribution is 0.669. The number of para-hydroxylation sites is 1. The van der Waals surface area contributed by atoms with Gasteiger partial charge in [0, 0.05) is 21.5 Å². The molecule has 0 N–H and O–H groups in total. The Balaban J connectivity index is 1.04. The molecule has 1 aliphatic carbocycles. The van der Waals surface area contributed by atoms with Crippen LogP contribution >= 0.6 is 0 Å². The van der Waals surface area contributed by atoms with Crippen molar-refractivity contribution in [2.45, 2.75) is 12.8 Å². The van der Waals surface area contributed by atoms with Crippen LogP contribution in [0.3, 0.4) is 0 Å². The molecule has 54 heavy (non-hydrogen) atoms. The molecule has 0 unspecified atom stereocenters. The summed E-state index contributed by atoms with van der Waals surface area (Å²) in [4.78, 5) is 0. The fourth-order valence-corrected chi connectivity index (χ4v) is 9.26. The Morgan fingerprint density at radius 3 is 1.85 bits per heavy atom. The van der Waals surface area contributed by atoms with E-state index < -0.39 is 0 Å². The summed E-state index contributed by atoms with van der Waals surface area (Å²) >= 11 is 0. The van der Waals surface area contributed by atoms with Crippen LogP contribution in [0.25, 0.3) is 122 Å². The average Bonchev–Trinajstić information content (AvgIpc) is 3.79. The van der Waals surface area contributed by atoms with Crippen LogP contribution in [0, 0.1) is 0 Å². The molecule has 9 aromatic carbocycles. The van der Waals surface area contributed by atoms with Crippen molar-refractivity contribution in [3.8, 4) is 33.4 Å². The fraction of sp³-hybridized carbons (Fsp3) is 0.0385. The molecule has 2 aromatic heterocycles. The maximum atomic E-state index is 6.53. The highest BCUT2D eigenvalue weighted by molar-refractivity contribution is 6.22. The van der Waals surface area contributed by atoms with Crippen LogP contribution in [-0.2, 0) is 0 Å². The quantitative estimate of drug-likeness (QED) is 0.185. The number of hydrogen-bond acceptors (Lipinski definition) is 2. The third kappa shape index (κ3) is 4.28. The first kappa shape index (κ1) is 29.7. The predicted octanol–water partition coefficient (Wildman–Crippen LogP) is 13.3. The Labute approximate surface area is 310 Å². The fourth-order valence-electron chi connectivity index (χ4n) is 9.26. The summed E-state index contributed by atoms with van der Waals surface area (Å²) in [6, 6.07) is 57.2. The molecule has 0 atom stereocenters. The minimum absolute atomic E-state index is 0.886. The Kier molecular flexibility index (Phi) is 6.20. The smallest absolute Gasteiger partial charge is 0.136 e. The van der Waals surface area contributed by atoms with E-state index >= 15 is 0 Å². The van der Waals surface area contributed by atoms with Gasteiger partial charge in [0.1, 0.15) is 22.3 Å². The van der Waals surface area contributed by atoms with Gasteiger partial charge >= 0.3 is 0 Å². The van der Waals surface area contributed by atoms with Gasteiger partial charge < -0.3 is 8.83 Å². The molecule has 0 radical (unpaired) electrons. The molecule has 12 rings (SSSR count). The van der Waals surface area contributed by atoms with Gasteiger partial charge in [0.2, 0.25) is 0 Å². The molecular formula is C52H32O2. The van der Waals surface area contributed by atoms with E-state index in [1.807, 2.05) is 12.1 Å². The van der Waals surface area contributed by atoms with E-state index in [0.29, 0.717) is 0 Å². The molecule has 2 heteroatoms. The molecule has 0 bridgehead atoms. The van der Waals surface area contributed by atoms with E-state index in [9.17, 15) is 0 Å². The molecule has 2 nitrogen and oxygen atoms in total. The maximum Gasteiger partial charge on any atom is 0.136 e. The second-order valence-corrected chi connectivity index (χ2v) is 14.6. The van der Waals surface area contributed by atoms with Crippen LogP contribution in [0.4, 0.5) is 0 Å². The van der Waals surface area contributed by atoms with Crippen LogP contribution in [0.5, 0.6) is 0 Å². The topological polar surface area (TPSA) is 26.3 Å². The Bertz CT molecular complexity index is 3500. The predicted molar refractivity (Wildman–Crippen MR) is 227 cm³/mol. The van der Waals surface area contributed by atoms with Crippen molar-refractivity contribution >= 4 is 88.3 Å². The summed E-state index contributed by atoms with van der Waals surface area (Å²) < 4.78 is 12.7. The van der Waals surface area contributed by atoms with Gasteiger partial charge in [-0.15, -0.1) is 0 Å². The molecule has 1 aliphatic rings. The zero-order chi connectivity index (χ0) is 35.3. The Morgan fingerprint density at radius 2 is 0.963 bits per heavy atom. The van der Waals surface area contributed by atoms with Crippen molar-refractivity contribution in [1.29, 1.82) is 0 Å². The van der Waals surface area contributed by atoms with E-state index in [-0.39, 0.29) is 0 Å². The van der Waals surface area contributed by atoms with E-state index in [1.165, 1.54) is 70.7 Å². The van der Waals surface area contributed by atoms with Gasteiger partial charge in [0.25, 0.3) is 0 Å². The summed E-state index contributed by atoms with van der Waals surface area (Å²) in [5.41, 5.74) is 11.1. The summed E-state index contributed by atoms with van der Waals surface area (Å²) in [6.45, 7) is 0. The molecule has 2 heterocycles. The second kappa shape index (κ2) is 11.3. The van der Waals surface area contributed by atoms with Crippen molar-refractivity contribution < 1.29 is 8.83 Å². The lowest BCUT2D eigenvalue weighted by Gasteiger charge is -2.19. The van der Waals surface area contributed by atoms with E-state index in [0.717, 1.165) is 62.1 Å². The summed E-state index contributed by atoms with van der Waals surface area (Å²) in [7, 11) is 0. The lowest BCUT2D eigenvalue weighted by atomic mass is 9.84. The minimum Gasteiger partial charge on any atom is -0.456 e. The highest BCUT2D eigenvalue weighted by atomic mass is 16.3. The number of benzene rings is 9. The molecule has 0 spiro atoms.